The van der Waals surface area contributed by atoms with E-state index >= 15 is 0 Å². The molecule has 1 aliphatic carbocycles. The quantitative estimate of drug-likeness (QED) is 0.408. The van der Waals surface area contributed by atoms with Crippen molar-refractivity contribution in [3.05, 3.63) is 22.4 Å². The monoisotopic (exact) mass is 432 g/mol. The molecule has 1 saturated carbocycles. The second kappa shape index (κ2) is 6.93. The maximum absolute atomic E-state index is 12.6. The summed E-state index contributed by atoms with van der Waals surface area (Å²) in [5.74, 6) is -0.509. The van der Waals surface area contributed by atoms with Crippen LogP contribution in [0.4, 0.5) is 4.79 Å². The van der Waals surface area contributed by atoms with Gasteiger partial charge in [0.1, 0.15) is 6.04 Å². The number of hydroxylamine groups is 3. The minimum absolute atomic E-state index is 0.0681. The summed E-state index contributed by atoms with van der Waals surface area (Å²) < 4.78 is 35.6. The molecule has 4 N–H and O–H groups in total. The molecule has 13 heteroatoms. The van der Waals surface area contributed by atoms with Gasteiger partial charge in [-0.05, 0) is 36.1 Å². The van der Waals surface area contributed by atoms with Crippen molar-refractivity contribution in [1.82, 2.24) is 15.4 Å². The van der Waals surface area contributed by atoms with Gasteiger partial charge in [0.15, 0.2) is 0 Å². The van der Waals surface area contributed by atoms with Gasteiger partial charge in [-0.25, -0.2) is 10.3 Å². The molecular formula is C15H20N4O7S2. The maximum Gasteiger partial charge on any atom is 0.418 e. The first-order valence-corrected chi connectivity index (χ1v) is 10.9. The summed E-state index contributed by atoms with van der Waals surface area (Å²) in [4.78, 5) is 32.5. The van der Waals surface area contributed by atoms with Crippen LogP contribution in [-0.2, 0) is 24.3 Å². The molecule has 1 aromatic rings. The van der Waals surface area contributed by atoms with E-state index < -0.39 is 45.9 Å². The number of hydrogen-bond donors (Lipinski definition) is 3. The van der Waals surface area contributed by atoms with Crippen LogP contribution in [0.3, 0.4) is 0 Å². The van der Waals surface area contributed by atoms with Crippen LogP contribution in [-0.4, -0.2) is 60.1 Å². The molecule has 2 aliphatic heterocycles. The SMILES string of the molecule is NC(CONC(=O)[C@@H]1CC2(CC2)[C@@H]2CN1C(=O)N2OS(=O)(=O)O)c1cccs1. The molecular weight excluding hydrogens is 412 g/mol. The zero-order valence-corrected chi connectivity index (χ0v) is 16.3. The van der Waals surface area contributed by atoms with Gasteiger partial charge in [-0.3, -0.25) is 14.2 Å². The number of piperidine rings is 1. The number of carbonyl (C=O) groups is 2. The Labute approximate surface area is 165 Å². The molecule has 2 bridgehead atoms. The summed E-state index contributed by atoms with van der Waals surface area (Å²) in [5, 5.41) is 2.56. The smallest absolute Gasteiger partial charge is 0.321 e. The van der Waals surface area contributed by atoms with E-state index in [4.69, 9.17) is 15.1 Å². The second-order valence-electron chi connectivity index (χ2n) is 7.26. The van der Waals surface area contributed by atoms with Crippen molar-refractivity contribution in [2.45, 2.75) is 37.4 Å². The number of amides is 3. The lowest BCUT2D eigenvalue weighted by Crippen LogP contribution is -2.52. The first kappa shape index (κ1) is 19.5. The molecule has 0 aromatic carbocycles. The van der Waals surface area contributed by atoms with Gasteiger partial charge in [-0.15, -0.1) is 15.6 Å². The Morgan fingerprint density at radius 2 is 2.25 bits per heavy atom. The van der Waals surface area contributed by atoms with Gasteiger partial charge in [0, 0.05) is 11.4 Å². The third kappa shape index (κ3) is 3.60. The summed E-state index contributed by atoms with van der Waals surface area (Å²) in [5.41, 5.74) is 7.92. The van der Waals surface area contributed by atoms with Crippen molar-refractivity contribution in [1.29, 1.82) is 0 Å². The average Bonchev–Trinajstić information content (AvgIpc) is 3.07. The van der Waals surface area contributed by atoms with Crippen LogP contribution < -0.4 is 11.2 Å². The molecule has 3 aliphatic rings. The Morgan fingerprint density at radius 1 is 1.50 bits per heavy atom. The average molecular weight is 432 g/mol. The summed E-state index contributed by atoms with van der Waals surface area (Å²) in [7, 11) is -4.84. The molecule has 1 aromatic heterocycles. The molecule has 0 radical (unpaired) electrons. The molecule has 3 heterocycles. The number of nitrogens with zero attached hydrogens (tertiary/aromatic N) is 2. The number of nitrogens with two attached hydrogens (primary N) is 1. The molecule has 3 amide bonds. The number of thiophene rings is 1. The highest BCUT2D eigenvalue weighted by atomic mass is 32.3. The standard InChI is InChI=1S/C15H20N4O7S2/c16-9(11-2-1-5-27-11)8-25-17-13(20)10-6-15(3-4-15)12-7-18(10)14(21)19(12)26-28(22,23)24/h1-2,5,9-10,12H,3-4,6-8,16H2,(H,17,20)(H,22,23,24)/t9?,10-,12-/m0/s1. The van der Waals surface area contributed by atoms with Crippen LogP contribution >= 0.6 is 11.3 Å². The van der Waals surface area contributed by atoms with Crippen LogP contribution in [0, 0.1) is 5.41 Å². The number of fused-ring (bicyclic) bond motifs is 3. The van der Waals surface area contributed by atoms with Crippen LogP contribution in [0.5, 0.6) is 0 Å². The number of hydrogen-bond acceptors (Lipinski definition) is 8. The van der Waals surface area contributed by atoms with Gasteiger partial charge in [0.05, 0.1) is 18.7 Å². The van der Waals surface area contributed by atoms with Gasteiger partial charge >= 0.3 is 16.4 Å². The molecule has 1 unspecified atom stereocenters. The minimum atomic E-state index is -4.84. The van der Waals surface area contributed by atoms with E-state index in [9.17, 15) is 18.0 Å². The molecule has 11 nitrogen and oxygen atoms in total. The highest BCUT2D eigenvalue weighted by molar-refractivity contribution is 7.80. The Morgan fingerprint density at radius 3 is 2.86 bits per heavy atom. The lowest BCUT2D eigenvalue weighted by atomic mass is 9.85. The number of carbonyl (C=O) groups excluding carboxylic acids is 2. The third-order valence-electron chi connectivity index (χ3n) is 5.48. The van der Waals surface area contributed by atoms with E-state index in [0.717, 1.165) is 17.7 Å². The zero-order valence-electron chi connectivity index (χ0n) is 14.7. The van der Waals surface area contributed by atoms with E-state index in [1.165, 1.54) is 16.2 Å². The van der Waals surface area contributed by atoms with Crippen molar-refractivity contribution in [3.63, 3.8) is 0 Å². The topological polar surface area (TPSA) is 151 Å². The summed E-state index contributed by atoms with van der Waals surface area (Å²) in [6.45, 7) is 0.208. The van der Waals surface area contributed by atoms with E-state index in [1.54, 1.807) is 0 Å². The Bertz CT molecular complexity index is 871. The lowest BCUT2D eigenvalue weighted by molar-refractivity contribution is -0.140. The first-order chi connectivity index (χ1) is 13.2. The molecule has 1 spiro atoms. The van der Waals surface area contributed by atoms with Crippen molar-refractivity contribution < 1.29 is 31.7 Å². The van der Waals surface area contributed by atoms with Crippen LogP contribution in [0.2, 0.25) is 0 Å². The molecule has 2 saturated heterocycles. The van der Waals surface area contributed by atoms with Crippen molar-refractivity contribution in [2.75, 3.05) is 13.2 Å². The van der Waals surface area contributed by atoms with Gasteiger partial charge in [-0.1, -0.05) is 6.07 Å². The maximum atomic E-state index is 12.6. The normalized spacial score (nSPS) is 26.6. The van der Waals surface area contributed by atoms with E-state index in [2.05, 4.69) is 9.76 Å². The number of rotatable bonds is 7. The van der Waals surface area contributed by atoms with Gasteiger partial charge in [0.25, 0.3) is 5.91 Å². The molecule has 3 fully saturated rings. The van der Waals surface area contributed by atoms with E-state index in [-0.39, 0.29) is 13.2 Å². The van der Waals surface area contributed by atoms with Crippen LogP contribution in [0.25, 0.3) is 0 Å². The van der Waals surface area contributed by atoms with Gasteiger partial charge in [0.2, 0.25) is 0 Å². The molecule has 28 heavy (non-hydrogen) atoms. The fraction of sp³-hybridized carbons (Fsp3) is 0.600. The molecule has 154 valence electrons. The van der Waals surface area contributed by atoms with Crippen molar-refractivity contribution in [3.8, 4) is 0 Å². The number of urea groups is 1. The zero-order chi connectivity index (χ0) is 20.1. The van der Waals surface area contributed by atoms with E-state index in [1.807, 2.05) is 17.5 Å². The highest BCUT2D eigenvalue weighted by Crippen LogP contribution is 2.59. The predicted octanol–water partition coefficient (Wildman–Crippen LogP) is 0.189. The first-order valence-electron chi connectivity index (χ1n) is 8.68. The Hall–Kier alpha value is -1.77. The number of nitrogens with one attached hydrogen (secondary N) is 1. The molecule has 4 rings (SSSR count). The third-order valence-corrected chi connectivity index (χ3v) is 6.84. The fourth-order valence-corrected chi connectivity index (χ4v) is 4.99. The molecule has 3 atom stereocenters. The Balaban J connectivity index is 1.40. The van der Waals surface area contributed by atoms with Crippen LogP contribution in [0.1, 0.15) is 30.2 Å². The van der Waals surface area contributed by atoms with Gasteiger partial charge in [-0.2, -0.15) is 13.5 Å². The Kier molecular flexibility index (Phi) is 4.84. The van der Waals surface area contributed by atoms with Crippen molar-refractivity contribution in [2.24, 2.45) is 11.1 Å². The summed E-state index contributed by atoms with van der Waals surface area (Å²) >= 11 is 1.48. The van der Waals surface area contributed by atoms with Crippen LogP contribution in [0.15, 0.2) is 17.5 Å². The van der Waals surface area contributed by atoms with Crippen molar-refractivity contribution >= 4 is 33.7 Å². The van der Waals surface area contributed by atoms with E-state index in [0.29, 0.717) is 11.5 Å². The largest absolute Gasteiger partial charge is 0.418 e. The summed E-state index contributed by atoms with van der Waals surface area (Å²) in [6.07, 6.45) is 1.83. The lowest BCUT2D eigenvalue weighted by Gasteiger charge is -2.35. The van der Waals surface area contributed by atoms with Gasteiger partial charge < -0.3 is 10.6 Å². The predicted molar refractivity (Wildman–Crippen MR) is 95.8 cm³/mol. The highest BCUT2D eigenvalue weighted by Gasteiger charge is 2.65. The second-order valence-corrected chi connectivity index (χ2v) is 9.24. The minimum Gasteiger partial charge on any atom is -0.321 e. The fourth-order valence-electron chi connectivity index (χ4n) is 3.91. The summed E-state index contributed by atoms with van der Waals surface area (Å²) in [6, 6.07) is 1.22.